The van der Waals surface area contributed by atoms with Gasteiger partial charge in [-0.25, -0.2) is 9.78 Å². The van der Waals surface area contributed by atoms with Gasteiger partial charge in [-0.1, -0.05) is 31.2 Å². The Hall–Kier alpha value is -3.36. The number of hydrogen-bond donors (Lipinski definition) is 3. The summed E-state index contributed by atoms with van der Waals surface area (Å²) in [7, 11) is 0. The summed E-state index contributed by atoms with van der Waals surface area (Å²) in [6, 6.07) is 7.75. The number of nitrogens with zero attached hydrogens (tertiary/aromatic N) is 1. The highest BCUT2D eigenvalue weighted by molar-refractivity contribution is 5.83. The van der Waals surface area contributed by atoms with Crippen LogP contribution in [0.5, 0.6) is 0 Å². The summed E-state index contributed by atoms with van der Waals surface area (Å²) in [5, 5.41) is 5.17. The third kappa shape index (κ3) is 8.53. The fourth-order valence-electron chi connectivity index (χ4n) is 3.50. The zero-order chi connectivity index (χ0) is 25.5. The lowest BCUT2D eigenvalue weighted by Crippen LogP contribution is -2.49. The van der Waals surface area contributed by atoms with Crippen molar-refractivity contribution < 1.29 is 23.9 Å². The molecule has 9 heteroatoms. The molecule has 0 aliphatic carbocycles. The van der Waals surface area contributed by atoms with Crippen LogP contribution in [0.3, 0.4) is 0 Å². The first-order valence-electron chi connectivity index (χ1n) is 11.3. The van der Waals surface area contributed by atoms with Gasteiger partial charge in [0.25, 0.3) is 0 Å². The van der Waals surface area contributed by atoms with Gasteiger partial charge in [0.1, 0.15) is 18.2 Å². The standard InChI is InChI=1S/C25H36N4O5/c1-16-10-8-9-11-18(16)22(17(2)19-13-26-15-28-19)33-21(31)12-25(6,7)29-20(30)14-27-23(32)34-24(3,4)5/h8-11,13,15,17,22H,12,14H2,1-7H3,(H,26,28)(H,27,32)(H,29,30)/t17-,22?/m0/s1. The minimum absolute atomic E-state index is 0.0523. The molecule has 1 unspecified atom stereocenters. The largest absolute Gasteiger partial charge is 0.457 e. The minimum Gasteiger partial charge on any atom is -0.457 e. The van der Waals surface area contributed by atoms with Gasteiger partial charge in [0, 0.05) is 23.3 Å². The molecular formula is C25H36N4O5. The molecule has 1 aromatic carbocycles. The van der Waals surface area contributed by atoms with Gasteiger partial charge in [-0.15, -0.1) is 0 Å². The topological polar surface area (TPSA) is 122 Å². The van der Waals surface area contributed by atoms with E-state index in [-0.39, 0.29) is 18.9 Å². The number of hydrogen-bond acceptors (Lipinski definition) is 6. The summed E-state index contributed by atoms with van der Waals surface area (Å²) in [5.74, 6) is -1.06. The number of amides is 2. The molecule has 3 N–H and O–H groups in total. The molecule has 0 aliphatic rings. The molecule has 0 saturated heterocycles. The lowest BCUT2D eigenvalue weighted by atomic mass is 9.91. The number of aryl methyl sites for hydroxylation is 1. The van der Waals surface area contributed by atoms with Gasteiger partial charge in [-0.3, -0.25) is 9.59 Å². The number of benzene rings is 1. The predicted molar refractivity (Wildman–Crippen MR) is 128 cm³/mol. The molecular weight excluding hydrogens is 436 g/mol. The quantitative estimate of drug-likeness (QED) is 0.476. The van der Waals surface area contributed by atoms with E-state index in [4.69, 9.17) is 9.47 Å². The van der Waals surface area contributed by atoms with Crippen molar-refractivity contribution in [2.24, 2.45) is 0 Å². The molecule has 0 aliphatic heterocycles. The second kappa shape index (κ2) is 11.2. The smallest absolute Gasteiger partial charge is 0.408 e. The summed E-state index contributed by atoms with van der Waals surface area (Å²) in [5.41, 5.74) is 1.21. The van der Waals surface area contributed by atoms with E-state index in [0.717, 1.165) is 16.8 Å². The molecule has 2 amide bonds. The summed E-state index contributed by atoms with van der Waals surface area (Å²) < 4.78 is 11.1. The third-order valence-electron chi connectivity index (χ3n) is 5.07. The normalized spacial score (nSPS) is 13.5. The molecule has 1 heterocycles. The lowest BCUT2D eigenvalue weighted by Gasteiger charge is -2.29. The average molecular weight is 473 g/mol. The van der Waals surface area contributed by atoms with Gasteiger partial charge in [-0.05, 0) is 52.7 Å². The number of alkyl carbamates (subject to hydrolysis) is 1. The molecule has 2 aromatic rings. The van der Waals surface area contributed by atoms with Gasteiger partial charge >= 0.3 is 12.1 Å². The van der Waals surface area contributed by atoms with Gasteiger partial charge in [-0.2, -0.15) is 0 Å². The third-order valence-corrected chi connectivity index (χ3v) is 5.07. The Bertz CT molecular complexity index is 979. The van der Waals surface area contributed by atoms with Gasteiger partial charge in [0.05, 0.1) is 12.7 Å². The van der Waals surface area contributed by atoms with Crippen molar-refractivity contribution in [3.05, 3.63) is 53.6 Å². The number of ether oxygens (including phenoxy) is 2. The van der Waals surface area contributed by atoms with Crippen LogP contribution in [0.25, 0.3) is 0 Å². The monoisotopic (exact) mass is 472 g/mol. The van der Waals surface area contributed by atoms with E-state index in [1.807, 2.05) is 38.1 Å². The second-order valence-corrected chi connectivity index (χ2v) is 10.0. The highest BCUT2D eigenvalue weighted by Gasteiger charge is 2.31. The van der Waals surface area contributed by atoms with Crippen LogP contribution in [0.15, 0.2) is 36.8 Å². The summed E-state index contributed by atoms with van der Waals surface area (Å²) in [6.07, 6.45) is 2.03. The van der Waals surface area contributed by atoms with Crippen molar-refractivity contribution in [3.63, 3.8) is 0 Å². The van der Waals surface area contributed by atoms with E-state index in [0.29, 0.717) is 0 Å². The number of rotatable bonds is 9. The molecule has 0 bridgehead atoms. The molecule has 186 valence electrons. The molecule has 9 nitrogen and oxygen atoms in total. The van der Waals surface area contributed by atoms with Gasteiger partial charge in [0.2, 0.25) is 5.91 Å². The maximum Gasteiger partial charge on any atom is 0.408 e. The molecule has 2 rings (SSSR count). The van der Waals surface area contributed by atoms with E-state index >= 15 is 0 Å². The van der Waals surface area contributed by atoms with Crippen LogP contribution < -0.4 is 10.6 Å². The van der Waals surface area contributed by atoms with Crippen molar-refractivity contribution in [3.8, 4) is 0 Å². The van der Waals surface area contributed by atoms with Crippen molar-refractivity contribution in [1.82, 2.24) is 20.6 Å². The Morgan fingerprint density at radius 1 is 1.12 bits per heavy atom. The average Bonchev–Trinajstić information content (AvgIpc) is 3.23. The molecule has 0 saturated carbocycles. The van der Waals surface area contributed by atoms with E-state index in [9.17, 15) is 14.4 Å². The second-order valence-electron chi connectivity index (χ2n) is 10.0. The van der Waals surface area contributed by atoms with Crippen molar-refractivity contribution in [2.75, 3.05) is 6.54 Å². The lowest BCUT2D eigenvalue weighted by molar-refractivity contribution is -0.152. The number of carbonyl (C=O) groups excluding carboxylic acids is 3. The number of nitrogens with one attached hydrogen (secondary N) is 3. The minimum atomic E-state index is -0.892. The number of aromatic amines is 1. The Balaban J connectivity index is 2.01. The van der Waals surface area contributed by atoms with Crippen molar-refractivity contribution in [2.45, 2.75) is 78.0 Å². The van der Waals surface area contributed by atoms with E-state index in [1.54, 1.807) is 47.1 Å². The first-order chi connectivity index (χ1) is 15.8. The first-order valence-corrected chi connectivity index (χ1v) is 11.3. The number of aromatic nitrogens is 2. The molecule has 2 atom stereocenters. The zero-order valence-electron chi connectivity index (χ0n) is 21.0. The molecule has 34 heavy (non-hydrogen) atoms. The molecule has 1 aromatic heterocycles. The van der Waals surface area contributed by atoms with Gasteiger partial charge in [0.15, 0.2) is 0 Å². The van der Waals surface area contributed by atoms with Crippen LogP contribution in [0.4, 0.5) is 4.79 Å². The number of esters is 1. The number of carbonyl (C=O) groups is 3. The Kier molecular flexibility index (Phi) is 8.84. The highest BCUT2D eigenvalue weighted by Crippen LogP contribution is 2.35. The fourth-order valence-corrected chi connectivity index (χ4v) is 3.50. The molecule has 0 radical (unpaired) electrons. The van der Waals surface area contributed by atoms with E-state index in [2.05, 4.69) is 20.6 Å². The zero-order valence-corrected chi connectivity index (χ0v) is 21.0. The molecule has 0 spiro atoms. The fraction of sp³-hybridized carbons (Fsp3) is 0.520. The van der Waals surface area contributed by atoms with Crippen LogP contribution in [-0.2, 0) is 19.1 Å². The van der Waals surface area contributed by atoms with E-state index < -0.39 is 35.2 Å². The van der Waals surface area contributed by atoms with Crippen molar-refractivity contribution in [1.29, 1.82) is 0 Å². The number of imidazole rings is 1. The van der Waals surface area contributed by atoms with Crippen LogP contribution in [0.2, 0.25) is 0 Å². The Morgan fingerprint density at radius 3 is 2.38 bits per heavy atom. The SMILES string of the molecule is Cc1ccccc1C(OC(=O)CC(C)(C)NC(=O)CNC(=O)OC(C)(C)C)[C@@H](C)c1cnc[nH]1. The van der Waals surface area contributed by atoms with Crippen LogP contribution >= 0.6 is 0 Å². The van der Waals surface area contributed by atoms with Crippen LogP contribution in [-0.4, -0.2) is 45.6 Å². The summed E-state index contributed by atoms with van der Waals surface area (Å²) in [6.45, 7) is 12.3. The van der Waals surface area contributed by atoms with E-state index in [1.165, 1.54) is 0 Å². The summed E-state index contributed by atoms with van der Waals surface area (Å²) >= 11 is 0. The highest BCUT2D eigenvalue weighted by atomic mass is 16.6. The van der Waals surface area contributed by atoms with Crippen LogP contribution in [0.1, 0.15) is 76.8 Å². The number of H-pyrrole nitrogens is 1. The maximum absolute atomic E-state index is 12.9. The first kappa shape index (κ1) is 26.9. The van der Waals surface area contributed by atoms with Gasteiger partial charge < -0.3 is 25.1 Å². The Labute approximate surface area is 201 Å². The van der Waals surface area contributed by atoms with Crippen LogP contribution in [0, 0.1) is 6.92 Å². The Morgan fingerprint density at radius 2 is 1.79 bits per heavy atom. The summed E-state index contributed by atoms with van der Waals surface area (Å²) in [4.78, 5) is 44.2. The molecule has 0 fully saturated rings. The predicted octanol–water partition coefficient (Wildman–Crippen LogP) is 3.92. The van der Waals surface area contributed by atoms with Crippen molar-refractivity contribution >= 4 is 18.0 Å². The maximum atomic E-state index is 12.9.